The third-order valence-corrected chi connectivity index (χ3v) is 5.34. The minimum atomic E-state index is -3.65. The predicted molar refractivity (Wildman–Crippen MR) is 91.1 cm³/mol. The minimum absolute atomic E-state index is 0.0107. The summed E-state index contributed by atoms with van der Waals surface area (Å²) >= 11 is 0. The highest BCUT2D eigenvalue weighted by Gasteiger charge is 2.30. The van der Waals surface area contributed by atoms with Gasteiger partial charge in [0.15, 0.2) is 6.61 Å². The Morgan fingerprint density at radius 1 is 1.35 bits per heavy atom. The van der Waals surface area contributed by atoms with Crippen LogP contribution in [0.25, 0.3) is 0 Å². The van der Waals surface area contributed by atoms with Crippen LogP contribution in [-0.4, -0.2) is 58.5 Å². The molecule has 0 aromatic heterocycles. The zero-order valence-corrected chi connectivity index (χ0v) is 14.8. The van der Waals surface area contributed by atoms with E-state index < -0.39 is 35.1 Å². The zero-order valence-electron chi connectivity index (χ0n) is 13.9. The van der Waals surface area contributed by atoms with Gasteiger partial charge in [-0.1, -0.05) is 12.1 Å². The molecule has 2 aliphatic rings. The van der Waals surface area contributed by atoms with Crippen molar-refractivity contribution in [3.8, 4) is 0 Å². The Kier molecular flexibility index (Phi) is 5.52. The maximum absolute atomic E-state index is 11.9. The number of sulfonamides is 1. The van der Waals surface area contributed by atoms with Gasteiger partial charge < -0.3 is 14.8 Å². The molecule has 2 heterocycles. The number of amidine groups is 1. The topological polar surface area (TPSA) is 123 Å². The van der Waals surface area contributed by atoms with E-state index in [2.05, 4.69) is 15.0 Å². The van der Waals surface area contributed by atoms with E-state index in [1.165, 1.54) is 6.07 Å². The first-order valence-corrected chi connectivity index (χ1v) is 9.64. The van der Waals surface area contributed by atoms with E-state index in [0.29, 0.717) is 18.7 Å². The lowest BCUT2D eigenvalue weighted by atomic mass is 10.2. The molecule has 0 saturated carbocycles. The highest BCUT2D eigenvalue weighted by atomic mass is 32.2. The van der Waals surface area contributed by atoms with Crippen molar-refractivity contribution in [2.24, 2.45) is 4.99 Å². The molecular weight excluding hydrogens is 362 g/mol. The summed E-state index contributed by atoms with van der Waals surface area (Å²) in [5.41, 5.74) is 0.398. The van der Waals surface area contributed by atoms with E-state index >= 15 is 0 Å². The van der Waals surface area contributed by atoms with Gasteiger partial charge in [0.1, 0.15) is 12.4 Å². The fourth-order valence-electron chi connectivity index (χ4n) is 2.67. The van der Waals surface area contributed by atoms with Crippen LogP contribution in [0.15, 0.2) is 34.2 Å². The van der Waals surface area contributed by atoms with E-state index in [1.54, 1.807) is 18.2 Å². The Balaban J connectivity index is 1.47. The number of amides is 1. The Morgan fingerprint density at radius 3 is 2.92 bits per heavy atom. The lowest BCUT2D eigenvalue weighted by Crippen LogP contribution is -2.35. The molecule has 140 valence electrons. The number of ether oxygens (including phenoxy) is 2. The van der Waals surface area contributed by atoms with Gasteiger partial charge >= 0.3 is 5.97 Å². The van der Waals surface area contributed by atoms with Gasteiger partial charge in [-0.3, -0.25) is 19.3 Å². The number of nitrogens with zero attached hydrogens (tertiary/aromatic N) is 1. The smallest absolute Gasteiger partial charge is 0.328 e. The van der Waals surface area contributed by atoms with Crippen molar-refractivity contribution >= 4 is 27.7 Å². The van der Waals surface area contributed by atoms with Crippen LogP contribution in [0.2, 0.25) is 0 Å². The van der Waals surface area contributed by atoms with Gasteiger partial charge in [0.25, 0.3) is 15.9 Å². The Morgan fingerprint density at radius 2 is 2.15 bits per heavy atom. The molecule has 9 nitrogen and oxygen atoms in total. The molecule has 2 N–H and O–H groups in total. The van der Waals surface area contributed by atoms with Crippen molar-refractivity contribution in [3.63, 3.8) is 0 Å². The van der Waals surface area contributed by atoms with Crippen LogP contribution < -0.4 is 10.0 Å². The fourth-order valence-corrected chi connectivity index (χ4v) is 3.92. The zero-order chi connectivity index (χ0) is 18.6. The van der Waals surface area contributed by atoms with Crippen LogP contribution in [-0.2, 0) is 29.1 Å². The molecule has 2 aliphatic heterocycles. The van der Waals surface area contributed by atoms with Crippen molar-refractivity contribution in [2.45, 2.75) is 23.8 Å². The molecule has 1 aromatic carbocycles. The SMILES string of the molecule is O=C(COC(=O)CN=C1NS(=O)(=O)c2ccccc21)NC[C@H]1CCCO1. The second kappa shape index (κ2) is 7.83. The molecule has 1 amide bonds. The van der Waals surface area contributed by atoms with E-state index in [-0.39, 0.29) is 16.8 Å². The maximum Gasteiger partial charge on any atom is 0.328 e. The first kappa shape index (κ1) is 18.3. The van der Waals surface area contributed by atoms with E-state index in [0.717, 1.165) is 12.8 Å². The van der Waals surface area contributed by atoms with E-state index in [4.69, 9.17) is 9.47 Å². The monoisotopic (exact) mass is 381 g/mol. The predicted octanol–water partition coefficient (Wildman–Crippen LogP) is -0.436. The second-order valence-electron chi connectivity index (χ2n) is 5.87. The number of benzene rings is 1. The van der Waals surface area contributed by atoms with Crippen LogP contribution in [0.5, 0.6) is 0 Å². The number of esters is 1. The minimum Gasteiger partial charge on any atom is -0.454 e. The van der Waals surface area contributed by atoms with Crippen LogP contribution >= 0.6 is 0 Å². The first-order valence-electron chi connectivity index (χ1n) is 8.16. The molecule has 1 aromatic rings. The van der Waals surface area contributed by atoms with Gasteiger partial charge in [0.05, 0.1) is 11.0 Å². The lowest BCUT2D eigenvalue weighted by molar-refractivity contribution is -0.147. The highest BCUT2D eigenvalue weighted by Crippen LogP contribution is 2.21. The average molecular weight is 381 g/mol. The Bertz CT molecular complexity index is 830. The standard InChI is InChI=1S/C16H19N3O6S/c20-14(17-8-11-4-3-7-24-11)10-25-15(21)9-18-16-12-5-1-2-6-13(12)26(22,23)19-16/h1-2,5-6,11H,3-4,7-10H2,(H,17,20)(H,18,19)/t11-/m1/s1. The molecule has 1 atom stereocenters. The summed E-state index contributed by atoms with van der Waals surface area (Å²) in [6.07, 6.45) is 1.88. The van der Waals surface area contributed by atoms with Crippen molar-refractivity contribution in [2.75, 3.05) is 26.3 Å². The molecule has 1 fully saturated rings. The molecule has 0 unspecified atom stereocenters. The molecule has 1 saturated heterocycles. The third kappa shape index (κ3) is 4.38. The first-order chi connectivity index (χ1) is 12.5. The summed E-state index contributed by atoms with van der Waals surface area (Å²) in [7, 11) is -3.65. The van der Waals surface area contributed by atoms with Crippen molar-refractivity contribution in [1.29, 1.82) is 0 Å². The average Bonchev–Trinajstić information content (AvgIpc) is 3.23. The largest absolute Gasteiger partial charge is 0.454 e. The van der Waals surface area contributed by atoms with Gasteiger partial charge in [-0.05, 0) is 25.0 Å². The Hall–Kier alpha value is -2.46. The van der Waals surface area contributed by atoms with E-state index in [9.17, 15) is 18.0 Å². The summed E-state index contributed by atoms with van der Waals surface area (Å²) in [5.74, 6) is -1.07. The summed E-state index contributed by atoms with van der Waals surface area (Å²) in [5, 5.41) is 2.63. The quantitative estimate of drug-likeness (QED) is 0.644. The van der Waals surface area contributed by atoms with Gasteiger partial charge in [-0.25, -0.2) is 8.42 Å². The molecule has 0 spiro atoms. The molecule has 0 aliphatic carbocycles. The molecular formula is C16H19N3O6S. The lowest BCUT2D eigenvalue weighted by Gasteiger charge is -2.10. The Labute approximate surface area is 150 Å². The number of rotatable bonds is 6. The highest BCUT2D eigenvalue weighted by molar-refractivity contribution is 7.90. The van der Waals surface area contributed by atoms with Crippen LogP contribution in [0, 0.1) is 0 Å². The molecule has 3 rings (SSSR count). The number of carbonyl (C=O) groups excluding carboxylic acids is 2. The number of hydrogen-bond acceptors (Lipinski definition) is 7. The molecule has 0 radical (unpaired) electrons. The van der Waals surface area contributed by atoms with Crippen LogP contribution in [0.3, 0.4) is 0 Å². The number of fused-ring (bicyclic) bond motifs is 1. The number of carbonyl (C=O) groups is 2. The second-order valence-corrected chi connectivity index (χ2v) is 7.52. The van der Waals surface area contributed by atoms with Crippen LogP contribution in [0.1, 0.15) is 18.4 Å². The summed E-state index contributed by atoms with van der Waals surface area (Å²) in [4.78, 5) is 27.4. The summed E-state index contributed by atoms with van der Waals surface area (Å²) in [6.45, 7) is 0.268. The van der Waals surface area contributed by atoms with Crippen LogP contribution in [0.4, 0.5) is 0 Å². The van der Waals surface area contributed by atoms with Crippen molar-refractivity contribution in [3.05, 3.63) is 29.8 Å². The summed E-state index contributed by atoms with van der Waals surface area (Å²) < 4.78 is 36.4. The number of aliphatic imine (C=N–C) groups is 1. The number of hydrogen-bond donors (Lipinski definition) is 2. The normalized spacial score (nSPS) is 21.8. The molecule has 10 heteroatoms. The van der Waals surface area contributed by atoms with Gasteiger partial charge in [0.2, 0.25) is 0 Å². The van der Waals surface area contributed by atoms with Gasteiger partial charge in [-0.15, -0.1) is 0 Å². The van der Waals surface area contributed by atoms with Crippen molar-refractivity contribution in [1.82, 2.24) is 10.0 Å². The van der Waals surface area contributed by atoms with Gasteiger partial charge in [-0.2, -0.15) is 0 Å². The maximum atomic E-state index is 11.9. The third-order valence-electron chi connectivity index (χ3n) is 3.94. The van der Waals surface area contributed by atoms with Gasteiger partial charge in [0, 0.05) is 18.7 Å². The fraction of sp³-hybridized carbons (Fsp3) is 0.438. The van der Waals surface area contributed by atoms with Crippen molar-refractivity contribution < 1.29 is 27.5 Å². The molecule has 0 bridgehead atoms. The molecule has 26 heavy (non-hydrogen) atoms. The van der Waals surface area contributed by atoms with E-state index in [1.807, 2.05) is 0 Å². The summed E-state index contributed by atoms with van der Waals surface area (Å²) in [6, 6.07) is 6.32. The number of nitrogens with one attached hydrogen (secondary N) is 2.